The van der Waals surface area contributed by atoms with Gasteiger partial charge in [0.15, 0.2) is 0 Å². The average molecular weight is 240 g/mol. The molecule has 0 amide bonds. The number of nitrogens with one attached hydrogen (secondary N) is 1. The minimum Gasteiger partial charge on any atom is -0.324 e. The van der Waals surface area contributed by atoms with Crippen molar-refractivity contribution in [1.82, 2.24) is 15.3 Å². The van der Waals surface area contributed by atoms with Crippen molar-refractivity contribution in [3.8, 4) is 0 Å². The molecule has 1 aromatic carbocycles. The number of nitrogens with zero attached hydrogens (tertiary/aromatic N) is 2. The van der Waals surface area contributed by atoms with Crippen molar-refractivity contribution in [1.29, 1.82) is 0 Å². The predicted molar refractivity (Wildman–Crippen MR) is 69.6 cm³/mol. The topological polar surface area (TPSA) is 63.8 Å². The number of hydrogen-bond acceptors (Lipinski definition) is 4. The van der Waals surface area contributed by atoms with Gasteiger partial charge in [0.2, 0.25) is 0 Å². The van der Waals surface area contributed by atoms with Gasteiger partial charge in [-0.25, -0.2) is 9.97 Å². The molecule has 0 bridgehead atoms. The van der Waals surface area contributed by atoms with E-state index in [9.17, 15) is 0 Å². The Hall–Kier alpha value is -1.78. The highest BCUT2D eigenvalue weighted by Gasteiger charge is 2.27. The van der Waals surface area contributed by atoms with Crippen molar-refractivity contribution in [2.75, 3.05) is 0 Å². The van der Waals surface area contributed by atoms with E-state index in [0.29, 0.717) is 6.04 Å². The molecule has 3 N–H and O–H groups in total. The first kappa shape index (κ1) is 11.3. The lowest BCUT2D eigenvalue weighted by Gasteiger charge is -2.13. The molecule has 3 rings (SSSR count). The summed E-state index contributed by atoms with van der Waals surface area (Å²) in [7, 11) is 0. The average Bonchev–Trinajstić information content (AvgIpc) is 2.75. The quantitative estimate of drug-likeness (QED) is 0.857. The summed E-state index contributed by atoms with van der Waals surface area (Å²) in [6.45, 7) is 0.744. The number of fused-ring (bicyclic) bond motifs is 1. The van der Waals surface area contributed by atoms with Crippen LogP contribution in [0.1, 0.15) is 35.3 Å². The molecule has 1 aromatic heterocycles. The van der Waals surface area contributed by atoms with Crippen LogP contribution in [-0.2, 0) is 6.54 Å². The molecule has 92 valence electrons. The highest BCUT2D eigenvalue weighted by molar-refractivity contribution is 5.37. The number of benzene rings is 1. The summed E-state index contributed by atoms with van der Waals surface area (Å²) in [5, 5.41) is 3.51. The molecule has 0 fully saturated rings. The molecule has 0 spiro atoms. The molecule has 1 aliphatic rings. The van der Waals surface area contributed by atoms with E-state index < -0.39 is 0 Å². The maximum Gasteiger partial charge on any atom is 0.115 e. The van der Waals surface area contributed by atoms with Crippen LogP contribution < -0.4 is 11.1 Å². The Morgan fingerprint density at radius 2 is 2.06 bits per heavy atom. The highest BCUT2D eigenvalue weighted by Crippen LogP contribution is 2.36. The van der Waals surface area contributed by atoms with Gasteiger partial charge in [-0.1, -0.05) is 24.3 Å². The highest BCUT2D eigenvalue weighted by atomic mass is 15.0. The van der Waals surface area contributed by atoms with Crippen molar-refractivity contribution in [2.24, 2.45) is 5.73 Å². The largest absolute Gasteiger partial charge is 0.324 e. The zero-order chi connectivity index (χ0) is 12.4. The maximum absolute atomic E-state index is 6.14. The second kappa shape index (κ2) is 4.84. The number of hydrogen-bond donors (Lipinski definition) is 2. The van der Waals surface area contributed by atoms with E-state index >= 15 is 0 Å². The molecule has 2 aromatic rings. The van der Waals surface area contributed by atoms with Crippen molar-refractivity contribution in [3.05, 3.63) is 59.7 Å². The Morgan fingerprint density at radius 1 is 1.22 bits per heavy atom. The van der Waals surface area contributed by atoms with E-state index in [1.165, 1.54) is 11.1 Å². The Morgan fingerprint density at radius 3 is 2.83 bits per heavy atom. The van der Waals surface area contributed by atoms with Crippen LogP contribution >= 0.6 is 0 Å². The third-order valence-electron chi connectivity index (χ3n) is 3.43. The molecule has 18 heavy (non-hydrogen) atoms. The van der Waals surface area contributed by atoms with E-state index in [1.807, 2.05) is 12.1 Å². The maximum atomic E-state index is 6.14. The van der Waals surface area contributed by atoms with Gasteiger partial charge in [0, 0.05) is 24.8 Å². The van der Waals surface area contributed by atoms with Crippen LogP contribution in [0.4, 0.5) is 0 Å². The first-order valence-corrected chi connectivity index (χ1v) is 6.17. The van der Waals surface area contributed by atoms with Crippen LogP contribution in [0.2, 0.25) is 0 Å². The third kappa shape index (κ3) is 2.12. The molecule has 2 atom stereocenters. The molecular weight excluding hydrogens is 224 g/mol. The zero-order valence-corrected chi connectivity index (χ0v) is 10.1. The Bertz CT molecular complexity index is 526. The van der Waals surface area contributed by atoms with E-state index in [4.69, 9.17) is 5.73 Å². The summed E-state index contributed by atoms with van der Waals surface area (Å²) in [6, 6.07) is 10.8. The van der Waals surface area contributed by atoms with Crippen molar-refractivity contribution in [2.45, 2.75) is 25.0 Å². The zero-order valence-electron chi connectivity index (χ0n) is 10.1. The van der Waals surface area contributed by atoms with Gasteiger partial charge < -0.3 is 11.1 Å². The summed E-state index contributed by atoms with van der Waals surface area (Å²) in [4.78, 5) is 8.12. The smallest absolute Gasteiger partial charge is 0.115 e. The minimum absolute atomic E-state index is 0.143. The minimum atomic E-state index is 0.143. The fourth-order valence-electron chi connectivity index (χ4n) is 2.52. The van der Waals surface area contributed by atoms with Crippen LogP contribution in [0.25, 0.3) is 0 Å². The van der Waals surface area contributed by atoms with Crippen molar-refractivity contribution >= 4 is 0 Å². The Balaban J connectivity index is 1.72. The summed E-state index contributed by atoms with van der Waals surface area (Å²) in [5.41, 5.74) is 9.72. The van der Waals surface area contributed by atoms with Gasteiger partial charge in [-0.05, 0) is 23.6 Å². The summed E-state index contributed by atoms with van der Waals surface area (Å²) < 4.78 is 0. The van der Waals surface area contributed by atoms with E-state index in [-0.39, 0.29) is 6.04 Å². The lowest BCUT2D eigenvalue weighted by molar-refractivity contribution is 0.494. The number of rotatable bonds is 3. The SMILES string of the molecule is NC1CC(NCc2ccncn2)c2ccccc21. The molecule has 4 heteroatoms. The van der Waals surface area contributed by atoms with E-state index in [0.717, 1.165) is 18.7 Å². The molecule has 0 radical (unpaired) electrons. The molecule has 1 aliphatic carbocycles. The summed E-state index contributed by atoms with van der Waals surface area (Å²) in [5.74, 6) is 0. The lowest BCUT2D eigenvalue weighted by Crippen LogP contribution is -2.20. The standard InChI is InChI=1S/C14H16N4/c15-13-7-14(12-4-2-1-3-11(12)13)17-8-10-5-6-16-9-18-10/h1-6,9,13-14,17H,7-8,15H2. The van der Waals surface area contributed by atoms with E-state index in [2.05, 4.69) is 33.5 Å². The van der Waals surface area contributed by atoms with E-state index in [1.54, 1.807) is 12.5 Å². The predicted octanol–water partition coefficient (Wildman–Crippen LogP) is 1.71. The molecular formula is C14H16N4. The van der Waals surface area contributed by atoms with Gasteiger partial charge in [0.1, 0.15) is 6.33 Å². The lowest BCUT2D eigenvalue weighted by atomic mass is 10.1. The van der Waals surface area contributed by atoms with Crippen LogP contribution in [0, 0.1) is 0 Å². The van der Waals surface area contributed by atoms with Gasteiger partial charge in [0.05, 0.1) is 5.69 Å². The number of nitrogens with two attached hydrogens (primary N) is 1. The normalized spacial score (nSPS) is 21.8. The molecule has 1 heterocycles. The fourth-order valence-corrected chi connectivity index (χ4v) is 2.52. The van der Waals surface area contributed by atoms with Crippen LogP contribution in [0.3, 0.4) is 0 Å². The van der Waals surface area contributed by atoms with Gasteiger partial charge in [-0.3, -0.25) is 0 Å². The summed E-state index contributed by atoms with van der Waals surface area (Å²) in [6.07, 6.45) is 4.29. The second-order valence-electron chi connectivity index (χ2n) is 4.61. The third-order valence-corrected chi connectivity index (χ3v) is 3.43. The fraction of sp³-hybridized carbons (Fsp3) is 0.286. The van der Waals surface area contributed by atoms with Crippen LogP contribution in [0.15, 0.2) is 42.9 Å². The Labute approximate surface area is 106 Å². The van der Waals surface area contributed by atoms with Crippen LogP contribution in [0.5, 0.6) is 0 Å². The first-order valence-electron chi connectivity index (χ1n) is 6.17. The van der Waals surface area contributed by atoms with Crippen LogP contribution in [-0.4, -0.2) is 9.97 Å². The molecule has 0 aliphatic heterocycles. The first-order chi connectivity index (χ1) is 8.84. The van der Waals surface area contributed by atoms with Gasteiger partial charge in [-0.15, -0.1) is 0 Å². The molecule has 4 nitrogen and oxygen atoms in total. The van der Waals surface area contributed by atoms with Crippen molar-refractivity contribution < 1.29 is 0 Å². The monoisotopic (exact) mass is 240 g/mol. The Kier molecular flexibility index (Phi) is 3.04. The van der Waals surface area contributed by atoms with Crippen molar-refractivity contribution in [3.63, 3.8) is 0 Å². The molecule has 0 saturated heterocycles. The van der Waals surface area contributed by atoms with Gasteiger partial charge >= 0.3 is 0 Å². The number of aromatic nitrogens is 2. The van der Waals surface area contributed by atoms with Gasteiger partial charge in [-0.2, -0.15) is 0 Å². The summed E-state index contributed by atoms with van der Waals surface area (Å²) >= 11 is 0. The van der Waals surface area contributed by atoms with Gasteiger partial charge in [0.25, 0.3) is 0 Å². The molecule has 2 unspecified atom stereocenters. The molecule has 0 saturated carbocycles. The second-order valence-corrected chi connectivity index (χ2v) is 4.61.